The van der Waals surface area contributed by atoms with E-state index in [1.807, 2.05) is 47.4 Å². The van der Waals surface area contributed by atoms with E-state index in [1.54, 1.807) is 11.8 Å². The first-order valence-corrected chi connectivity index (χ1v) is 7.22. The molecule has 102 valence electrons. The van der Waals surface area contributed by atoms with Crippen LogP contribution in [0.15, 0.2) is 52.3 Å². The summed E-state index contributed by atoms with van der Waals surface area (Å²) >= 11 is 7.74. The summed E-state index contributed by atoms with van der Waals surface area (Å²) in [6.45, 7) is 0.154. The Bertz CT molecular complexity index is 677. The zero-order valence-corrected chi connectivity index (χ0v) is 12.0. The summed E-state index contributed by atoms with van der Waals surface area (Å²) in [6.07, 6.45) is 0. The topological polar surface area (TPSA) is 58.4 Å². The van der Waals surface area contributed by atoms with Crippen molar-refractivity contribution < 1.29 is 4.79 Å². The molecule has 1 heterocycles. The SMILES string of the molecule is NNC(=O)CN1c2ccccc2Sc2ccc(Cl)cc21. The number of para-hydroxylation sites is 1. The van der Waals surface area contributed by atoms with Crippen molar-refractivity contribution in [3.8, 4) is 0 Å². The van der Waals surface area contributed by atoms with Crippen LogP contribution < -0.4 is 16.2 Å². The highest BCUT2D eigenvalue weighted by molar-refractivity contribution is 7.99. The van der Waals surface area contributed by atoms with E-state index >= 15 is 0 Å². The molecule has 0 spiro atoms. The van der Waals surface area contributed by atoms with E-state index in [0.717, 1.165) is 21.2 Å². The summed E-state index contributed by atoms with van der Waals surface area (Å²) in [4.78, 5) is 15.8. The molecule has 20 heavy (non-hydrogen) atoms. The van der Waals surface area contributed by atoms with E-state index in [2.05, 4.69) is 5.43 Å². The fraction of sp³-hybridized carbons (Fsp3) is 0.0714. The van der Waals surface area contributed by atoms with Gasteiger partial charge in [-0.05, 0) is 30.3 Å². The molecular formula is C14H12ClN3OS. The van der Waals surface area contributed by atoms with Gasteiger partial charge in [0.15, 0.2) is 0 Å². The van der Waals surface area contributed by atoms with Gasteiger partial charge in [-0.15, -0.1) is 0 Å². The van der Waals surface area contributed by atoms with Gasteiger partial charge in [0.05, 0.1) is 11.4 Å². The number of hydrogen-bond donors (Lipinski definition) is 2. The van der Waals surface area contributed by atoms with Crippen LogP contribution >= 0.6 is 23.4 Å². The molecule has 6 heteroatoms. The number of hydrogen-bond acceptors (Lipinski definition) is 4. The van der Waals surface area contributed by atoms with E-state index in [9.17, 15) is 4.79 Å². The van der Waals surface area contributed by atoms with Gasteiger partial charge in [0, 0.05) is 14.8 Å². The van der Waals surface area contributed by atoms with E-state index in [0.29, 0.717) is 5.02 Å². The molecule has 4 nitrogen and oxygen atoms in total. The lowest BCUT2D eigenvalue weighted by Crippen LogP contribution is -2.39. The molecule has 0 atom stereocenters. The van der Waals surface area contributed by atoms with Crippen molar-refractivity contribution in [3.05, 3.63) is 47.5 Å². The van der Waals surface area contributed by atoms with E-state index in [4.69, 9.17) is 17.4 Å². The molecule has 1 amide bonds. The molecule has 0 fully saturated rings. The van der Waals surface area contributed by atoms with Crippen molar-refractivity contribution in [2.45, 2.75) is 9.79 Å². The first-order valence-electron chi connectivity index (χ1n) is 6.02. The number of carbonyl (C=O) groups excluding carboxylic acids is 1. The van der Waals surface area contributed by atoms with Gasteiger partial charge in [-0.2, -0.15) is 0 Å². The van der Waals surface area contributed by atoms with E-state index < -0.39 is 0 Å². The van der Waals surface area contributed by atoms with Crippen LogP contribution in [0.25, 0.3) is 0 Å². The normalized spacial score (nSPS) is 12.6. The van der Waals surface area contributed by atoms with Gasteiger partial charge in [0.25, 0.3) is 5.91 Å². The van der Waals surface area contributed by atoms with Gasteiger partial charge >= 0.3 is 0 Å². The number of hydrazine groups is 1. The number of nitrogens with one attached hydrogen (secondary N) is 1. The number of carbonyl (C=O) groups is 1. The third kappa shape index (κ3) is 2.35. The highest BCUT2D eigenvalue weighted by atomic mass is 35.5. The minimum Gasteiger partial charge on any atom is -0.330 e. The van der Waals surface area contributed by atoms with Crippen LogP contribution in [0.5, 0.6) is 0 Å². The van der Waals surface area contributed by atoms with Crippen LogP contribution in [-0.2, 0) is 4.79 Å². The number of rotatable bonds is 2. The maximum absolute atomic E-state index is 11.7. The largest absolute Gasteiger partial charge is 0.330 e. The fourth-order valence-electron chi connectivity index (χ4n) is 2.16. The second-order valence-electron chi connectivity index (χ2n) is 4.34. The quantitative estimate of drug-likeness (QED) is 0.509. The van der Waals surface area contributed by atoms with Gasteiger partial charge in [0.1, 0.15) is 6.54 Å². The molecule has 0 saturated heterocycles. The first kappa shape index (κ1) is 13.3. The van der Waals surface area contributed by atoms with Crippen molar-refractivity contribution in [3.63, 3.8) is 0 Å². The molecule has 3 N–H and O–H groups in total. The van der Waals surface area contributed by atoms with Gasteiger partial charge < -0.3 is 4.90 Å². The average molecular weight is 306 g/mol. The highest BCUT2D eigenvalue weighted by Gasteiger charge is 2.24. The number of nitrogens with two attached hydrogens (primary N) is 1. The van der Waals surface area contributed by atoms with E-state index in [1.165, 1.54) is 0 Å². The molecule has 0 aliphatic carbocycles. The summed E-state index contributed by atoms with van der Waals surface area (Å²) in [5, 5.41) is 0.641. The smallest absolute Gasteiger partial charge is 0.253 e. The number of nitrogens with zero attached hydrogens (tertiary/aromatic N) is 1. The molecule has 2 aromatic rings. The van der Waals surface area contributed by atoms with Crippen molar-refractivity contribution in [1.29, 1.82) is 0 Å². The standard InChI is InChI=1S/C14H12ClN3OS/c15-9-5-6-13-11(7-9)18(8-14(19)17-16)10-3-1-2-4-12(10)20-13/h1-7H,8,16H2,(H,17,19). The number of amides is 1. The minimum absolute atomic E-state index is 0.154. The summed E-state index contributed by atoms with van der Waals surface area (Å²) in [6, 6.07) is 13.6. The van der Waals surface area contributed by atoms with Gasteiger partial charge in [-0.3, -0.25) is 10.2 Å². The van der Waals surface area contributed by atoms with Crippen LogP contribution in [-0.4, -0.2) is 12.5 Å². The Kier molecular flexibility index (Phi) is 3.56. The maximum atomic E-state index is 11.7. The van der Waals surface area contributed by atoms with Crippen LogP contribution in [0.2, 0.25) is 5.02 Å². The first-order chi connectivity index (χ1) is 9.69. The number of anilines is 2. The highest BCUT2D eigenvalue weighted by Crippen LogP contribution is 2.48. The Hall–Kier alpha value is -1.69. The summed E-state index contributed by atoms with van der Waals surface area (Å²) in [5.74, 6) is 4.95. The molecule has 0 radical (unpaired) electrons. The molecule has 0 unspecified atom stereocenters. The zero-order valence-electron chi connectivity index (χ0n) is 10.5. The Labute approximate surface area is 125 Å². The van der Waals surface area contributed by atoms with Crippen LogP contribution in [0.1, 0.15) is 0 Å². The Balaban J connectivity index is 2.11. The molecule has 0 aromatic heterocycles. The third-order valence-electron chi connectivity index (χ3n) is 3.05. The molecular weight excluding hydrogens is 294 g/mol. The molecule has 3 rings (SSSR count). The molecule has 0 bridgehead atoms. The van der Waals surface area contributed by atoms with Crippen molar-refractivity contribution in [2.75, 3.05) is 11.4 Å². The fourth-order valence-corrected chi connectivity index (χ4v) is 3.40. The van der Waals surface area contributed by atoms with Crippen LogP contribution in [0.3, 0.4) is 0 Å². The average Bonchev–Trinajstić information content (AvgIpc) is 2.47. The summed E-state index contributed by atoms with van der Waals surface area (Å²) in [7, 11) is 0. The predicted octanol–water partition coefficient (Wildman–Crippen LogP) is 2.93. The Morgan fingerprint density at radius 2 is 1.95 bits per heavy atom. The number of benzene rings is 2. The predicted molar refractivity (Wildman–Crippen MR) is 81.4 cm³/mol. The van der Waals surface area contributed by atoms with Crippen LogP contribution in [0.4, 0.5) is 11.4 Å². The second-order valence-corrected chi connectivity index (χ2v) is 5.86. The molecule has 1 aliphatic heterocycles. The summed E-state index contributed by atoms with van der Waals surface area (Å²) < 4.78 is 0. The van der Waals surface area contributed by atoms with Crippen molar-refractivity contribution in [2.24, 2.45) is 5.84 Å². The maximum Gasteiger partial charge on any atom is 0.253 e. The zero-order chi connectivity index (χ0) is 14.1. The number of fused-ring (bicyclic) bond motifs is 2. The van der Waals surface area contributed by atoms with Gasteiger partial charge in [0.2, 0.25) is 0 Å². The lowest BCUT2D eigenvalue weighted by Gasteiger charge is -2.32. The summed E-state index contributed by atoms with van der Waals surface area (Å²) in [5.41, 5.74) is 4.07. The van der Waals surface area contributed by atoms with E-state index in [-0.39, 0.29) is 12.5 Å². The molecule has 2 aromatic carbocycles. The van der Waals surface area contributed by atoms with Gasteiger partial charge in [-0.1, -0.05) is 35.5 Å². The lowest BCUT2D eigenvalue weighted by molar-refractivity contribution is -0.119. The van der Waals surface area contributed by atoms with Crippen molar-refractivity contribution in [1.82, 2.24) is 5.43 Å². The monoisotopic (exact) mass is 305 g/mol. The van der Waals surface area contributed by atoms with Crippen molar-refractivity contribution >= 4 is 40.6 Å². The number of halogens is 1. The Morgan fingerprint density at radius 3 is 2.75 bits per heavy atom. The second kappa shape index (κ2) is 5.36. The molecule has 0 saturated carbocycles. The molecule has 1 aliphatic rings. The van der Waals surface area contributed by atoms with Crippen LogP contribution in [0, 0.1) is 0 Å². The Morgan fingerprint density at radius 1 is 1.20 bits per heavy atom. The third-order valence-corrected chi connectivity index (χ3v) is 4.42. The van der Waals surface area contributed by atoms with Gasteiger partial charge in [-0.25, -0.2) is 5.84 Å². The minimum atomic E-state index is -0.252. The lowest BCUT2D eigenvalue weighted by atomic mass is 10.2.